The Bertz CT molecular complexity index is 1270. The van der Waals surface area contributed by atoms with E-state index < -0.39 is 0 Å². The van der Waals surface area contributed by atoms with Gasteiger partial charge in [0.2, 0.25) is 0 Å². The molecule has 0 unspecified atom stereocenters. The van der Waals surface area contributed by atoms with Gasteiger partial charge in [0, 0.05) is 42.8 Å². The maximum Gasteiger partial charge on any atom is 0.267 e. The van der Waals surface area contributed by atoms with Crippen LogP contribution in [0.3, 0.4) is 0 Å². The summed E-state index contributed by atoms with van der Waals surface area (Å²) in [5.41, 5.74) is 4.77. The number of aryl methyl sites for hydroxylation is 2. The van der Waals surface area contributed by atoms with Crippen molar-refractivity contribution in [2.24, 2.45) is 7.05 Å². The first-order valence-electron chi connectivity index (χ1n) is 10.6. The van der Waals surface area contributed by atoms with Gasteiger partial charge in [-0.1, -0.05) is 0 Å². The highest BCUT2D eigenvalue weighted by Crippen LogP contribution is 2.31. The molecule has 1 fully saturated rings. The topological polar surface area (TPSA) is 90.5 Å². The van der Waals surface area contributed by atoms with Crippen molar-refractivity contribution in [1.29, 1.82) is 0 Å². The first-order chi connectivity index (χ1) is 15.1. The lowest BCUT2D eigenvalue weighted by atomic mass is 9.91. The molecule has 158 valence electrons. The van der Waals surface area contributed by atoms with Crippen LogP contribution >= 0.6 is 0 Å². The summed E-state index contributed by atoms with van der Waals surface area (Å²) < 4.78 is 3.78. The van der Waals surface area contributed by atoms with Gasteiger partial charge in [0.05, 0.1) is 17.3 Å². The third-order valence-electron chi connectivity index (χ3n) is 6.23. The minimum Gasteiger partial charge on any atom is -0.365 e. The van der Waals surface area contributed by atoms with Gasteiger partial charge >= 0.3 is 0 Å². The summed E-state index contributed by atoms with van der Waals surface area (Å²) in [5.74, 6) is 0.873. The number of hydrogen-bond donors (Lipinski definition) is 1. The highest BCUT2D eigenvalue weighted by molar-refractivity contribution is 5.87. The molecule has 4 heterocycles. The maximum absolute atomic E-state index is 12.5. The number of hydrogen-bond acceptors (Lipinski definition) is 6. The zero-order valence-electron chi connectivity index (χ0n) is 17.7. The van der Waals surface area contributed by atoms with Crippen molar-refractivity contribution in [2.75, 3.05) is 5.32 Å². The minimum atomic E-state index is -0.0548. The van der Waals surface area contributed by atoms with Crippen LogP contribution in [0, 0.1) is 6.92 Å². The molecule has 1 saturated carbocycles. The molecule has 4 aromatic heterocycles. The summed E-state index contributed by atoms with van der Waals surface area (Å²) in [6.07, 6.45) is 8.80. The van der Waals surface area contributed by atoms with Crippen LogP contribution in [0.5, 0.6) is 0 Å². The van der Waals surface area contributed by atoms with E-state index in [0.29, 0.717) is 6.04 Å². The SMILES string of the molecule is Cc1cc2ncnc(NC3CCC(n4nc(-c5cccnc5)ccc4=O)CC3)c2n1C. The van der Waals surface area contributed by atoms with Gasteiger partial charge in [-0.15, -0.1) is 0 Å². The van der Waals surface area contributed by atoms with Crippen LogP contribution in [0.1, 0.15) is 37.4 Å². The molecule has 1 N–H and O–H groups in total. The number of nitrogens with one attached hydrogen (secondary N) is 1. The average molecular weight is 416 g/mol. The number of pyridine rings is 1. The number of fused-ring (bicyclic) bond motifs is 1. The third kappa shape index (κ3) is 3.69. The summed E-state index contributed by atoms with van der Waals surface area (Å²) in [7, 11) is 2.04. The van der Waals surface area contributed by atoms with Gasteiger partial charge in [-0.25, -0.2) is 14.6 Å². The van der Waals surface area contributed by atoms with Crippen molar-refractivity contribution in [3.63, 3.8) is 0 Å². The molecule has 0 amide bonds. The normalized spacial score (nSPS) is 18.9. The number of rotatable bonds is 4. The van der Waals surface area contributed by atoms with E-state index in [4.69, 9.17) is 0 Å². The van der Waals surface area contributed by atoms with E-state index in [9.17, 15) is 4.79 Å². The predicted octanol–water partition coefficient (Wildman–Crippen LogP) is 3.49. The molecular weight excluding hydrogens is 390 g/mol. The van der Waals surface area contributed by atoms with E-state index in [2.05, 4.69) is 42.9 Å². The van der Waals surface area contributed by atoms with E-state index in [0.717, 1.165) is 59.5 Å². The van der Waals surface area contributed by atoms with Gasteiger partial charge in [0.15, 0.2) is 5.82 Å². The fraction of sp³-hybridized carbons (Fsp3) is 0.348. The van der Waals surface area contributed by atoms with Gasteiger partial charge in [-0.05, 0) is 56.9 Å². The maximum atomic E-state index is 12.5. The second-order valence-electron chi connectivity index (χ2n) is 8.19. The molecule has 0 saturated heterocycles. The Hall–Kier alpha value is -3.55. The second kappa shape index (κ2) is 7.94. The van der Waals surface area contributed by atoms with E-state index in [1.54, 1.807) is 35.5 Å². The number of anilines is 1. The molecule has 0 bridgehead atoms. The van der Waals surface area contributed by atoms with Gasteiger partial charge in [-0.2, -0.15) is 5.10 Å². The minimum absolute atomic E-state index is 0.0548. The van der Waals surface area contributed by atoms with Gasteiger partial charge in [-0.3, -0.25) is 9.78 Å². The molecule has 4 aromatic rings. The zero-order valence-corrected chi connectivity index (χ0v) is 17.7. The first kappa shape index (κ1) is 19.4. The molecule has 1 aliphatic rings. The Kier molecular flexibility index (Phi) is 4.97. The Morgan fingerprint density at radius 3 is 2.71 bits per heavy atom. The molecule has 0 radical (unpaired) electrons. The lowest BCUT2D eigenvalue weighted by Crippen LogP contribution is -2.33. The summed E-state index contributed by atoms with van der Waals surface area (Å²) in [6.45, 7) is 2.07. The summed E-state index contributed by atoms with van der Waals surface area (Å²) in [4.78, 5) is 25.6. The smallest absolute Gasteiger partial charge is 0.267 e. The fourth-order valence-corrected chi connectivity index (χ4v) is 4.42. The number of aromatic nitrogens is 6. The van der Waals surface area contributed by atoms with Crippen molar-refractivity contribution in [2.45, 2.75) is 44.7 Å². The van der Waals surface area contributed by atoms with Crippen molar-refractivity contribution in [3.05, 3.63) is 65.1 Å². The lowest BCUT2D eigenvalue weighted by molar-refractivity contribution is 0.304. The standard InChI is InChI=1S/C23H25N7O/c1-15-12-20-22(29(15)2)23(26-14-25-20)27-17-5-7-18(8-6-17)30-21(31)10-9-19(28-30)16-4-3-11-24-13-16/h3-4,9-14,17-18H,5-8H2,1-2H3,(H,25,26,27). The van der Waals surface area contributed by atoms with Crippen LogP contribution < -0.4 is 10.9 Å². The third-order valence-corrected chi connectivity index (χ3v) is 6.23. The molecule has 0 atom stereocenters. The molecule has 0 spiro atoms. The van der Waals surface area contributed by atoms with Crippen LogP contribution in [-0.2, 0) is 7.05 Å². The highest BCUT2D eigenvalue weighted by Gasteiger charge is 2.25. The Morgan fingerprint density at radius 1 is 1.10 bits per heavy atom. The van der Waals surface area contributed by atoms with Crippen molar-refractivity contribution >= 4 is 16.9 Å². The zero-order chi connectivity index (χ0) is 21.4. The average Bonchev–Trinajstić information content (AvgIpc) is 3.10. The fourth-order valence-electron chi connectivity index (χ4n) is 4.42. The van der Waals surface area contributed by atoms with Crippen LogP contribution in [0.4, 0.5) is 5.82 Å². The summed E-state index contributed by atoms with van der Waals surface area (Å²) >= 11 is 0. The Morgan fingerprint density at radius 2 is 1.94 bits per heavy atom. The first-order valence-corrected chi connectivity index (χ1v) is 10.6. The van der Waals surface area contributed by atoms with Gasteiger partial charge in [0.1, 0.15) is 11.8 Å². The van der Waals surface area contributed by atoms with Crippen LogP contribution in [0.2, 0.25) is 0 Å². The van der Waals surface area contributed by atoms with Crippen LogP contribution in [-0.4, -0.2) is 35.3 Å². The molecule has 0 aromatic carbocycles. The monoisotopic (exact) mass is 415 g/mol. The lowest BCUT2D eigenvalue weighted by Gasteiger charge is -2.30. The largest absolute Gasteiger partial charge is 0.365 e. The predicted molar refractivity (Wildman–Crippen MR) is 120 cm³/mol. The highest BCUT2D eigenvalue weighted by atomic mass is 16.1. The Balaban J connectivity index is 1.32. The molecule has 1 aliphatic carbocycles. The summed E-state index contributed by atoms with van der Waals surface area (Å²) in [5, 5.41) is 8.26. The van der Waals surface area contributed by atoms with Crippen LogP contribution in [0.25, 0.3) is 22.3 Å². The Labute approximate surface area is 180 Å². The molecule has 8 nitrogen and oxygen atoms in total. The van der Waals surface area contributed by atoms with Gasteiger partial charge < -0.3 is 9.88 Å². The molecule has 31 heavy (non-hydrogen) atoms. The van der Waals surface area contributed by atoms with E-state index in [1.807, 2.05) is 19.2 Å². The van der Waals surface area contributed by atoms with Crippen molar-refractivity contribution in [1.82, 2.24) is 29.3 Å². The van der Waals surface area contributed by atoms with Crippen molar-refractivity contribution < 1.29 is 0 Å². The molecule has 8 heteroatoms. The molecular formula is C23H25N7O. The van der Waals surface area contributed by atoms with E-state index in [-0.39, 0.29) is 11.6 Å². The van der Waals surface area contributed by atoms with Gasteiger partial charge in [0.25, 0.3) is 5.56 Å². The summed E-state index contributed by atoms with van der Waals surface area (Å²) in [6, 6.07) is 9.69. The van der Waals surface area contributed by atoms with Crippen molar-refractivity contribution in [3.8, 4) is 11.3 Å². The van der Waals surface area contributed by atoms with E-state index in [1.165, 1.54) is 0 Å². The number of nitrogens with zero attached hydrogens (tertiary/aromatic N) is 6. The molecule has 5 rings (SSSR count). The van der Waals surface area contributed by atoms with Crippen LogP contribution in [0.15, 0.2) is 53.8 Å². The molecule has 0 aliphatic heterocycles. The quantitative estimate of drug-likeness (QED) is 0.549. The second-order valence-corrected chi connectivity index (χ2v) is 8.19. The van der Waals surface area contributed by atoms with E-state index >= 15 is 0 Å².